The molecule has 0 saturated carbocycles. The quantitative estimate of drug-likeness (QED) is 0.845. The first kappa shape index (κ1) is 14.5. The van der Waals surface area contributed by atoms with Crippen molar-refractivity contribution in [2.24, 2.45) is 0 Å². The molecule has 0 aromatic rings. The summed E-state index contributed by atoms with van der Waals surface area (Å²) in [6.07, 6.45) is 5.35. The highest BCUT2D eigenvalue weighted by atomic mass is 32.2. The number of carbonyl (C=O) groups is 2. The number of carboxylic acids is 1. The van der Waals surface area contributed by atoms with E-state index in [0.29, 0.717) is 11.6 Å². The number of thioether (sulfide) groups is 1. The zero-order valence-corrected chi connectivity index (χ0v) is 12.2. The topological polar surface area (TPSA) is 60.9 Å². The van der Waals surface area contributed by atoms with Gasteiger partial charge in [-0.2, -0.15) is 0 Å². The molecule has 2 atom stereocenters. The van der Waals surface area contributed by atoms with Gasteiger partial charge in [0.2, 0.25) is 0 Å². The van der Waals surface area contributed by atoms with Crippen LogP contribution in [0, 0.1) is 0 Å². The standard InChI is InChI=1S/C13H22N2O3S/c1-2-10-6-4-3-5-7-14(10)13(18)15-9-19-8-11(15)12(16)17/h10-11H,2-9H2,1H3,(H,16,17). The molecule has 2 heterocycles. The normalized spacial score (nSPS) is 28.3. The van der Waals surface area contributed by atoms with Crippen molar-refractivity contribution in [1.82, 2.24) is 9.80 Å². The van der Waals surface area contributed by atoms with Crippen molar-refractivity contribution in [2.75, 3.05) is 18.2 Å². The third kappa shape index (κ3) is 3.16. The van der Waals surface area contributed by atoms with Crippen LogP contribution in [-0.4, -0.2) is 57.2 Å². The summed E-state index contributed by atoms with van der Waals surface area (Å²) >= 11 is 1.52. The number of likely N-dealkylation sites (tertiary alicyclic amines) is 1. The maximum absolute atomic E-state index is 12.6. The molecular weight excluding hydrogens is 264 g/mol. The summed E-state index contributed by atoms with van der Waals surface area (Å²) in [4.78, 5) is 27.2. The number of carboxylic acid groups (broad SMARTS) is 1. The highest BCUT2D eigenvalue weighted by Crippen LogP contribution is 2.26. The highest BCUT2D eigenvalue weighted by molar-refractivity contribution is 7.99. The molecule has 2 amide bonds. The summed E-state index contributed by atoms with van der Waals surface area (Å²) in [5.41, 5.74) is 0. The first-order chi connectivity index (χ1) is 9.15. The van der Waals surface area contributed by atoms with Gasteiger partial charge in [-0.25, -0.2) is 9.59 Å². The molecule has 2 saturated heterocycles. The number of carbonyl (C=O) groups excluding carboxylic acids is 1. The van der Waals surface area contributed by atoms with Crippen LogP contribution in [0.1, 0.15) is 39.0 Å². The van der Waals surface area contributed by atoms with Crippen LogP contribution in [0.2, 0.25) is 0 Å². The molecule has 2 rings (SSSR count). The summed E-state index contributed by atoms with van der Waals surface area (Å²) < 4.78 is 0. The Kier molecular flexibility index (Phi) is 4.96. The van der Waals surface area contributed by atoms with E-state index in [0.717, 1.165) is 32.2 Å². The lowest BCUT2D eigenvalue weighted by atomic mass is 10.1. The second kappa shape index (κ2) is 6.50. The van der Waals surface area contributed by atoms with Gasteiger partial charge in [0.1, 0.15) is 6.04 Å². The number of nitrogens with zero attached hydrogens (tertiary/aromatic N) is 2. The van der Waals surface area contributed by atoms with Crippen LogP contribution in [0.15, 0.2) is 0 Å². The molecule has 5 nitrogen and oxygen atoms in total. The van der Waals surface area contributed by atoms with Gasteiger partial charge in [-0.05, 0) is 19.3 Å². The first-order valence-corrected chi connectivity index (χ1v) is 8.18. The minimum absolute atomic E-state index is 0.0776. The van der Waals surface area contributed by atoms with Gasteiger partial charge in [0.05, 0.1) is 5.88 Å². The van der Waals surface area contributed by atoms with Gasteiger partial charge in [-0.1, -0.05) is 19.8 Å². The van der Waals surface area contributed by atoms with E-state index in [-0.39, 0.29) is 12.1 Å². The molecule has 19 heavy (non-hydrogen) atoms. The summed E-state index contributed by atoms with van der Waals surface area (Å²) in [6, 6.07) is -0.459. The number of aliphatic carboxylic acids is 1. The molecule has 2 unspecified atom stereocenters. The Morgan fingerprint density at radius 3 is 2.74 bits per heavy atom. The van der Waals surface area contributed by atoms with Crippen molar-refractivity contribution in [3.8, 4) is 0 Å². The van der Waals surface area contributed by atoms with Crippen LogP contribution >= 0.6 is 11.8 Å². The minimum Gasteiger partial charge on any atom is -0.480 e. The molecule has 0 aromatic heterocycles. The summed E-state index contributed by atoms with van der Waals surface area (Å²) in [7, 11) is 0. The number of urea groups is 1. The summed E-state index contributed by atoms with van der Waals surface area (Å²) in [6.45, 7) is 2.87. The third-order valence-corrected chi connectivity index (χ3v) is 5.02. The molecule has 0 spiro atoms. The van der Waals surface area contributed by atoms with Crippen molar-refractivity contribution < 1.29 is 14.7 Å². The van der Waals surface area contributed by atoms with E-state index >= 15 is 0 Å². The van der Waals surface area contributed by atoms with E-state index in [1.807, 2.05) is 4.90 Å². The summed E-state index contributed by atoms with van der Waals surface area (Å²) in [5, 5.41) is 9.18. The van der Waals surface area contributed by atoms with E-state index in [9.17, 15) is 14.7 Å². The highest BCUT2D eigenvalue weighted by Gasteiger charge is 2.38. The van der Waals surface area contributed by atoms with Gasteiger partial charge in [-0.15, -0.1) is 11.8 Å². The number of rotatable bonds is 2. The van der Waals surface area contributed by atoms with Crippen LogP contribution in [0.3, 0.4) is 0 Å². The van der Waals surface area contributed by atoms with Crippen molar-refractivity contribution in [3.05, 3.63) is 0 Å². The minimum atomic E-state index is -0.888. The molecular formula is C13H22N2O3S. The van der Waals surface area contributed by atoms with Crippen molar-refractivity contribution in [3.63, 3.8) is 0 Å². The van der Waals surface area contributed by atoms with E-state index in [4.69, 9.17) is 0 Å². The van der Waals surface area contributed by atoms with Gasteiger partial charge >= 0.3 is 12.0 Å². The Bertz CT molecular complexity index is 351. The van der Waals surface area contributed by atoms with E-state index in [2.05, 4.69) is 6.92 Å². The average Bonchev–Trinajstić information content (AvgIpc) is 2.76. The molecule has 0 aliphatic carbocycles. The molecule has 2 aliphatic rings. The number of hydrogen-bond acceptors (Lipinski definition) is 3. The fourth-order valence-corrected chi connectivity index (χ4v) is 3.99. The predicted molar refractivity (Wildman–Crippen MR) is 75.2 cm³/mol. The monoisotopic (exact) mass is 286 g/mol. The van der Waals surface area contributed by atoms with Gasteiger partial charge in [0, 0.05) is 18.3 Å². The van der Waals surface area contributed by atoms with E-state index in [1.54, 1.807) is 0 Å². The van der Waals surface area contributed by atoms with Gasteiger partial charge < -0.3 is 14.9 Å². The Morgan fingerprint density at radius 1 is 1.26 bits per heavy atom. The zero-order chi connectivity index (χ0) is 13.8. The molecule has 0 aromatic carbocycles. The fourth-order valence-electron chi connectivity index (χ4n) is 2.85. The maximum atomic E-state index is 12.6. The predicted octanol–water partition coefficient (Wildman–Crippen LogP) is 2.22. The molecule has 0 radical (unpaired) electrons. The average molecular weight is 286 g/mol. The Labute approximate surface area is 118 Å². The van der Waals surface area contributed by atoms with Crippen LogP contribution in [-0.2, 0) is 4.79 Å². The lowest BCUT2D eigenvalue weighted by Gasteiger charge is -2.34. The molecule has 6 heteroatoms. The van der Waals surface area contributed by atoms with Crippen molar-refractivity contribution in [2.45, 2.75) is 51.1 Å². The molecule has 2 aliphatic heterocycles. The Hall–Kier alpha value is -0.910. The van der Waals surface area contributed by atoms with E-state index < -0.39 is 12.0 Å². The maximum Gasteiger partial charge on any atom is 0.327 e. The molecule has 1 N–H and O–H groups in total. The van der Waals surface area contributed by atoms with Crippen molar-refractivity contribution in [1.29, 1.82) is 0 Å². The van der Waals surface area contributed by atoms with Crippen molar-refractivity contribution >= 4 is 23.8 Å². The largest absolute Gasteiger partial charge is 0.480 e. The number of hydrogen-bond donors (Lipinski definition) is 1. The lowest BCUT2D eigenvalue weighted by molar-refractivity contribution is -0.141. The molecule has 2 fully saturated rings. The van der Waals surface area contributed by atoms with Crippen LogP contribution in [0.25, 0.3) is 0 Å². The number of amides is 2. The lowest BCUT2D eigenvalue weighted by Crippen LogP contribution is -2.51. The van der Waals surface area contributed by atoms with Crippen LogP contribution in [0.4, 0.5) is 4.79 Å². The van der Waals surface area contributed by atoms with E-state index in [1.165, 1.54) is 23.1 Å². The first-order valence-electron chi connectivity index (χ1n) is 7.03. The molecule has 0 bridgehead atoms. The smallest absolute Gasteiger partial charge is 0.327 e. The Balaban J connectivity index is 2.09. The van der Waals surface area contributed by atoms with Gasteiger partial charge in [-0.3, -0.25) is 0 Å². The third-order valence-electron chi connectivity index (χ3n) is 4.01. The van der Waals surface area contributed by atoms with Crippen LogP contribution in [0.5, 0.6) is 0 Å². The summed E-state index contributed by atoms with van der Waals surface area (Å²) in [5.74, 6) is 0.121. The van der Waals surface area contributed by atoms with Gasteiger partial charge in [0.25, 0.3) is 0 Å². The Morgan fingerprint density at radius 2 is 2.05 bits per heavy atom. The second-order valence-corrected chi connectivity index (χ2v) is 6.21. The van der Waals surface area contributed by atoms with Gasteiger partial charge in [0.15, 0.2) is 0 Å². The SMILES string of the molecule is CCC1CCCCCN1C(=O)N1CSCC1C(=O)O. The van der Waals surface area contributed by atoms with Crippen LogP contribution < -0.4 is 0 Å². The second-order valence-electron chi connectivity index (χ2n) is 5.21. The molecule has 108 valence electrons. The zero-order valence-electron chi connectivity index (χ0n) is 11.4. The fraction of sp³-hybridized carbons (Fsp3) is 0.846.